The Kier molecular flexibility index (Phi) is 7.73. The number of nitrogens with zero attached hydrogens (tertiary/aromatic N) is 3. The molecule has 0 saturated carbocycles. The van der Waals surface area contributed by atoms with Crippen molar-refractivity contribution >= 4 is 21.8 Å². The molecule has 0 aliphatic carbocycles. The number of hydrogen-bond acceptors (Lipinski definition) is 5. The van der Waals surface area contributed by atoms with Crippen molar-refractivity contribution in [3.63, 3.8) is 0 Å². The fraction of sp³-hybridized carbons (Fsp3) is 0.611. The van der Waals surface area contributed by atoms with Crippen LogP contribution in [-0.2, 0) is 26.2 Å². The minimum absolute atomic E-state index is 0.00162. The number of sulfonamides is 1. The van der Waals surface area contributed by atoms with Gasteiger partial charge in [0.15, 0.2) is 0 Å². The highest BCUT2D eigenvalue weighted by molar-refractivity contribution is 7.88. The molecule has 0 radical (unpaired) electrons. The van der Waals surface area contributed by atoms with Gasteiger partial charge in [-0.1, -0.05) is 6.07 Å². The van der Waals surface area contributed by atoms with Crippen molar-refractivity contribution < 1.29 is 18.0 Å². The molecule has 1 unspecified atom stereocenters. The number of carbonyl (C=O) groups is 2. The minimum Gasteiger partial charge on any atom is -0.356 e. The van der Waals surface area contributed by atoms with Gasteiger partial charge < -0.3 is 10.2 Å². The topological polar surface area (TPSA) is 99.7 Å². The Morgan fingerprint density at radius 1 is 1.37 bits per heavy atom. The molecule has 2 amide bonds. The van der Waals surface area contributed by atoms with Gasteiger partial charge in [0.25, 0.3) is 0 Å². The Bertz CT molecular complexity index is 739. The van der Waals surface area contributed by atoms with E-state index in [-0.39, 0.29) is 30.7 Å². The predicted octanol–water partition coefficient (Wildman–Crippen LogP) is 0.608. The van der Waals surface area contributed by atoms with Gasteiger partial charge >= 0.3 is 0 Å². The number of carbonyl (C=O) groups excluding carboxylic acids is 2. The maximum absolute atomic E-state index is 12.9. The second-order valence-corrected chi connectivity index (χ2v) is 8.93. The molecule has 0 bridgehead atoms. The largest absolute Gasteiger partial charge is 0.356 e. The molecule has 0 aromatic carbocycles. The van der Waals surface area contributed by atoms with Crippen LogP contribution in [0, 0.1) is 5.92 Å². The molecule has 8 nitrogen and oxygen atoms in total. The van der Waals surface area contributed by atoms with E-state index in [1.807, 2.05) is 12.1 Å². The zero-order valence-corrected chi connectivity index (χ0v) is 16.7. The van der Waals surface area contributed by atoms with Gasteiger partial charge in [-0.3, -0.25) is 14.6 Å². The first kappa shape index (κ1) is 21.3. The lowest BCUT2D eigenvalue weighted by molar-refractivity contribution is -0.135. The maximum atomic E-state index is 12.9. The number of rotatable bonds is 4. The molecule has 9 heteroatoms. The van der Waals surface area contributed by atoms with Crippen molar-refractivity contribution in [3.8, 4) is 0 Å². The number of nitrogens with one attached hydrogen (secondary N) is 1. The van der Waals surface area contributed by atoms with Gasteiger partial charge in [0, 0.05) is 58.0 Å². The Morgan fingerprint density at radius 3 is 2.81 bits per heavy atom. The van der Waals surface area contributed by atoms with Gasteiger partial charge in [-0.2, -0.15) is 0 Å². The monoisotopic (exact) mass is 396 g/mol. The van der Waals surface area contributed by atoms with E-state index >= 15 is 0 Å². The summed E-state index contributed by atoms with van der Waals surface area (Å²) in [6, 6.07) is 3.74. The Morgan fingerprint density at radius 2 is 2.15 bits per heavy atom. The van der Waals surface area contributed by atoms with Crippen LogP contribution >= 0.6 is 0 Å². The average molecular weight is 397 g/mol. The summed E-state index contributed by atoms with van der Waals surface area (Å²) >= 11 is 0. The summed E-state index contributed by atoms with van der Waals surface area (Å²) in [6.07, 6.45) is 6.40. The van der Waals surface area contributed by atoms with Crippen LogP contribution in [0.5, 0.6) is 0 Å². The van der Waals surface area contributed by atoms with Crippen molar-refractivity contribution in [1.29, 1.82) is 0 Å². The van der Waals surface area contributed by atoms with Gasteiger partial charge in [0.1, 0.15) is 0 Å². The molecule has 150 valence electrons. The molecule has 2 heterocycles. The van der Waals surface area contributed by atoms with Crippen molar-refractivity contribution in [2.45, 2.75) is 32.2 Å². The molecule has 1 saturated heterocycles. The van der Waals surface area contributed by atoms with Crippen LogP contribution in [0.25, 0.3) is 0 Å². The van der Waals surface area contributed by atoms with Gasteiger partial charge in [-0.25, -0.2) is 12.7 Å². The highest BCUT2D eigenvalue weighted by Crippen LogP contribution is 2.17. The van der Waals surface area contributed by atoms with Crippen LogP contribution < -0.4 is 5.32 Å². The van der Waals surface area contributed by atoms with Crippen molar-refractivity contribution in [1.82, 2.24) is 19.5 Å². The quantitative estimate of drug-likeness (QED) is 0.804. The predicted molar refractivity (Wildman–Crippen MR) is 102 cm³/mol. The van der Waals surface area contributed by atoms with Crippen LogP contribution in [0.2, 0.25) is 0 Å². The third-order valence-electron chi connectivity index (χ3n) is 4.70. The summed E-state index contributed by atoms with van der Waals surface area (Å²) in [5.41, 5.74) is 0.946. The first-order chi connectivity index (χ1) is 12.8. The lowest BCUT2D eigenvalue weighted by Gasteiger charge is -2.24. The van der Waals surface area contributed by atoms with E-state index in [0.717, 1.165) is 11.8 Å². The summed E-state index contributed by atoms with van der Waals surface area (Å²) in [5, 5.41) is 2.78. The number of aromatic nitrogens is 1. The standard InChI is InChI=1S/C18H28N4O4S/c1-21(14-15-5-3-9-19-13-15)18(24)16-6-4-11-22(27(2,25)26)12-8-17(23)20-10-7-16/h3,5,9,13,16H,4,6-8,10-12,14H2,1-2H3,(H,20,23). The summed E-state index contributed by atoms with van der Waals surface area (Å²) in [7, 11) is -1.62. The fourth-order valence-corrected chi connectivity index (χ4v) is 4.09. The van der Waals surface area contributed by atoms with E-state index in [4.69, 9.17) is 0 Å². The molecular formula is C18H28N4O4S. The normalized spacial score (nSPS) is 20.4. The fourth-order valence-electron chi connectivity index (χ4n) is 3.20. The van der Waals surface area contributed by atoms with E-state index in [2.05, 4.69) is 10.3 Å². The van der Waals surface area contributed by atoms with Gasteiger partial charge in [0.05, 0.1) is 6.26 Å². The molecule has 1 aromatic rings. The third-order valence-corrected chi connectivity index (χ3v) is 6.00. The van der Waals surface area contributed by atoms with E-state index < -0.39 is 10.0 Å². The van der Waals surface area contributed by atoms with Crippen LogP contribution in [0.4, 0.5) is 0 Å². The Labute approximate surface area is 161 Å². The molecular weight excluding hydrogens is 368 g/mol. The molecule has 27 heavy (non-hydrogen) atoms. The van der Waals surface area contributed by atoms with Gasteiger partial charge in [0.2, 0.25) is 21.8 Å². The molecule has 1 aromatic heterocycles. The molecule has 1 fully saturated rings. The highest BCUT2D eigenvalue weighted by Gasteiger charge is 2.25. The lowest BCUT2D eigenvalue weighted by Crippen LogP contribution is -2.35. The number of pyridine rings is 1. The maximum Gasteiger partial charge on any atom is 0.225 e. The van der Waals surface area contributed by atoms with Crippen LogP contribution in [0.3, 0.4) is 0 Å². The SMILES string of the molecule is CN(Cc1cccnc1)C(=O)C1CCCN(S(C)(=O)=O)CCC(=O)NCC1. The first-order valence-electron chi connectivity index (χ1n) is 9.13. The van der Waals surface area contributed by atoms with Gasteiger partial charge in [-0.05, 0) is 30.9 Å². The van der Waals surface area contributed by atoms with Crippen LogP contribution in [-0.4, -0.2) is 67.4 Å². The Hall–Kier alpha value is -2.00. The van der Waals surface area contributed by atoms with E-state index in [0.29, 0.717) is 38.9 Å². The van der Waals surface area contributed by atoms with Gasteiger partial charge in [-0.15, -0.1) is 0 Å². The molecule has 1 atom stereocenters. The smallest absolute Gasteiger partial charge is 0.225 e. The lowest BCUT2D eigenvalue weighted by atomic mass is 9.97. The van der Waals surface area contributed by atoms with Crippen LogP contribution in [0.1, 0.15) is 31.2 Å². The summed E-state index contributed by atoms with van der Waals surface area (Å²) in [4.78, 5) is 30.5. The molecule has 1 aliphatic rings. The minimum atomic E-state index is -3.37. The number of amides is 2. The van der Waals surface area contributed by atoms with Crippen molar-refractivity contribution in [3.05, 3.63) is 30.1 Å². The van der Waals surface area contributed by atoms with Crippen molar-refractivity contribution in [2.24, 2.45) is 5.92 Å². The Balaban J connectivity index is 2.03. The second-order valence-electron chi connectivity index (χ2n) is 6.95. The third kappa shape index (κ3) is 6.91. The zero-order valence-electron chi connectivity index (χ0n) is 15.9. The van der Waals surface area contributed by atoms with E-state index in [1.54, 1.807) is 24.3 Å². The highest BCUT2D eigenvalue weighted by atomic mass is 32.2. The van der Waals surface area contributed by atoms with E-state index in [9.17, 15) is 18.0 Å². The summed E-state index contributed by atoms with van der Waals surface area (Å²) in [6.45, 7) is 1.37. The molecule has 0 spiro atoms. The first-order valence-corrected chi connectivity index (χ1v) is 11.0. The molecule has 1 aliphatic heterocycles. The molecule has 2 rings (SSSR count). The number of hydrogen-bond donors (Lipinski definition) is 1. The summed E-state index contributed by atoms with van der Waals surface area (Å²) < 4.78 is 25.1. The average Bonchev–Trinajstić information content (AvgIpc) is 2.65. The van der Waals surface area contributed by atoms with E-state index in [1.165, 1.54) is 4.31 Å². The second kappa shape index (κ2) is 9.80. The summed E-state index contributed by atoms with van der Waals surface area (Å²) in [5.74, 6) is -0.454. The molecule has 1 N–H and O–H groups in total. The zero-order chi connectivity index (χ0) is 19.9. The van der Waals surface area contributed by atoms with Crippen molar-refractivity contribution in [2.75, 3.05) is 32.9 Å². The van der Waals surface area contributed by atoms with Crippen LogP contribution in [0.15, 0.2) is 24.5 Å².